The number of benzene rings is 3. The van der Waals surface area contributed by atoms with E-state index in [1.165, 1.54) is 0 Å². The van der Waals surface area contributed by atoms with Crippen molar-refractivity contribution in [3.05, 3.63) is 84.7 Å². The summed E-state index contributed by atoms with van der Waals surface area (Å²) in [5.74, 6) is 1.31. The smallest absolute Gasteiger partial charge is 0.286 e. The zero-order chi connectivity index (χ0) is 18.6. The molecule has 4 rings (SSSR count). The van der Waals surface area contributed by atoms with Crippen LogP contribution in [0.1, 0.15) is 10.6 Å². The normalized spacial score (nSPS) is 10.5. The molecule has 6 nitrogen and oxygen atoms in total. The van der Waals surface area contributed by atoms with Gasteiger partial charge in [0.1, 0.15) is 17.3 Å². The van der Waals surface area contributed by atoms with E-state index >= 15 is 0 Å². The molecular weight excluding hydrogens is 340 g/mol. The highest BCUT2D eigenvalue weighted by Crippen LogP contribution is 2.26. The Morgan fingerprint density at radius 3 is 2.22 bits per heavy atom. The van der Waals surface area contributed by atoms with Gasteiger partial charge in [0.05, 0.1) is 5.52 Å². The minimum atomic E-state index is -0.671. The van der Waals surface area contributed by atoms with Crippen molar-refractivity contribution in [2.45, 2.75) is 0 Å². The number of hydrogen-bond acceptors (Lipinski definition) is 5. The number of primary amides is 1. The van der Waals surface area contributed by atoms with Crippen molar-refractivity contribution in [2.75, 3.05) is 5.32 Å². The molecule has 0 aliphatic heterocycles. The van der Waals surface area contributed by atoms with Gasteiger partial charge in [0.2, 0.25) is 5.82 Å². The zero-order valence-electron chi connectivity index (χ0n) is 14.3. The van der Waals surface area contributed by atoms with E-state index in [2.05, 4.69) is 15.3 Å². The van der Waals surface area contributed by atoms with E-state index in [-0.39, 0.29) is 5.82 Å². The molecule has 0 aliphatic carbocycles. The molecule has 6 heteroatoms. The SMILES string of the molecule is NC(=O)c1nc(Nc2ccc(Oc3ccccc3)cc2)c2ccccc2n1. The van der Waals surface area contributed by atoms with Gasteiger partial charge in [0.15, 0.2) is 0 Å². The molecule has 0 spiro atoms. The maximum atomic E-state index is 11.5. The van der Waals surface area contributed by atoms with Gasteiger partial charge in [-0.05, 0) is 48.5 Å². The molecule has 0 saturated heterocycles. The Morgan fingerprint density at radius 1 is 0.815 bits per heavy atom. The summed E-state index contributed by atoms with van der Waals surface area (Å²) in [4.78, 5) is 20.0. The number of ether oxygens (including phenoxy) is 1. The van der Waals surface area contributed by atoms with Crippen molar-refractivity contribution in [2.24, 2.45) is 5.73 Å². The third kappa shape index (κ3) is 3.69. The second-order valence-corrected chi connectivity index (χ2v) is 5.84. The molecule has 0 saturated carbocycles. The Bertz CT molecular complexity index is 1100. The van der Waals surface area contributed by atoms with Gasteiger partial charge in [0.25, 0.3) is 5.91 Å². The number of nitrogens with two attached hydrogens (primary N) is 1. The lowest BCUT2D eigenvalue weighted by molar-refractivity contribution is 0.0991. The molecule has 0 aliphatic rings. The van der Waals surface area contributed by atoms with Gasteiger partial charge in [0, 0.05) is 11.1 Å². The minimum absolute atomic E-state index is 0.0276. The summed E-state index contributed by atoms with van der Waals surface area (Å²) in [6.07, 6.45) is 0. The maximum Gasteiger partial charge on any atom is 0.286 e. The van der Waals surface area contributed by atoms with Crippen molar-refractivity contribution < 1.29 is 9.53 Å². The first-order chi connectivity index (χ1) is 13.2. The molecule has 1 amide bonds. The summed E-state index contributed by atoms with van der Waals surface area (Å²) in [6.45, 7) is 0. The molecule has 1 aromatic heterocycles. The molecule has 3 N–H and O–H groups in total. The molecule has 0 atom stereocenters. The summed E-state index contributed by atoms with van der Waals surface area (Å²) >= 11 is 0. The number of anilines is 2. The van der Waals surface area contributed by atoms with E-state index < -0.39 is 5.91 Å². The van der Waals surface area contributed by atoms with E-state index in [9.17, 15) is 4.79 Å². The first-order valence-corrected chi connectivity index (χ1v) is 8.35. The van der Waals surface area contributed by atoms with Crippen molar-refractivity contribution in [1.82, 2.24) is 9.97 Å². The lowest BCUT2D eigenvalue weighted by Crippen LogP contribution is -2.16. The van der Waals surface area contributed by atoms with E-state index in [1.807, 2.05) is 78.9 Å². The van der Waals surface area contributed by atoms with Gasteiger partial charge in [-0.2, -0.15) is 0 Å². The largest absolute Gasteiger partial charge is 0.457 e. The third-order valence-electron chi connectivity index (χ3n) is 3.92. The summed E-state index contributed by atoms with van der Waals surface area (Å²) in [5.41, 5.74) is 6.80. The minimum Gasteiger partial charge on any atom is -0.457 e. The summed E-state index contributed by atoms with van der Waals surface area (Å²) in [7, 11) is 0. The van der Waals surface area contributed by atoms with E-state index in [4.69, 9.17) is 10.5 Å². The molecule has 0 unspecified atom stereocenters. The van der Waals surface area contributed by atoms with E-state index in [0.29, 0.717) is 11.3 Å². The average molecular weight is 356 g/mol. The summed E-state index contributed by atoms with van der Waals surface area (Å²) in [6, 6.07) is 24.4. The van der Waals surface area contributed by atoms with E-state index in [1.54, 1.807) is 0 Å². The molecule has 132 valence electrons. The maximum absolute atomic E-state index is 11.5. The molecular formula is C21H16N4O2. The summed E-state index contributed by atoms with van der Waals surface area (Å²) in [5, 5.41) is 4.02. The molecule has 0 bridgehead atoms. The van der Waals surface area contributed by atoms with Gasteiger partial charge in [-0.25, -0.2) is 9.97 Å². The predicted octanol–water partition coefficient (Wildman–Crippen LogP) is 4.26. The van der Waals surface area contributed by atoms with Crippen LogP contribution in [0, 0.1) is 0 Å². The zero-order valence-corrected chi connectivity index (χ0v) is 14.3. The number of amides is 1. The number of hydrogen-bond donors (Lipinski definition) is 2. The van der Waals surface area contributed by atoms with Crippen molar-refractivity contribution in [1.29, 1.82) is 0 Å². The number of nitrogens with zero attached hydrogens (tertiary/aromatic N) is 2. The lowest BCUT2D eigenvalue weighted by atomic mass is 10.2. The quantitative estimate of drug-likeness (QED) is 0.557. The van der Waals surface area contributed by atoms with Gasteiger partial charge < -0.3 is 15.8 Å². The molecule has 4 aromatic rings. The Kier molecular flexibility index (Phi) is 4.37. The van der Waals surface area contributed by atoms with Gasteiger partial charge >= 0.3 is 0 Å². The molecule has 27 heavy (non-hydrogen) atoms. The Balaban J connectivity index is 1.61. The molecule has 0 radical (unpaired) electrons. The first-order valence-electron chi connectivity index (χ1n) is 8.35. The highest BCUT2D eigenvalue weighted by Gasteiger charge is 2.11. The van der Waals surface area contributed by atoms with Crippen LogP contribution in [0.2, 0.25) is 0 Å². The number of carbonyl (C=O) groups excluding carboxylic acids is 1. The number of aromatic nitrogens is 2. The van der Waals surface area contributed by atoms with Gasteiger partial charge in [-0.3, -0.25) is 4.79 Å². The average Bonchev–Trinajstić information content (AvgIpc) is 2.70. The number of rotatable bonds is 5. The van der Waals surface area contributed by atoms with Gasteiger partial charge in [-0.15, -0.1) is 0 Å². The second kappa shape index (κ2) is 7.13. The standard InChI is InChI=1S/C21H16N4O2/c22-19(26)21-24-18-9-5-4-8-17(18)20(25-21)23-14-10-12-16(13-11-14)27-15-6-2-1-3-7-15/h1-13H,(H2,22,26)(H,23,24,25). The second-order valence-electron chi connectivity index (χ2n) is 5.84. The number of carbonyl (C=O) groups is 1. The number of fused-ring (bicyclic) bond motifs is 1. The summed E-state index contributed by atoms with van der Waals surface area (Å²) < 4.78 is 5.79. The molecule has 3 aromatic carbocycles. The van der Waals surface area contributed by atoms with Crippen LogP contribution < -0.4 is 15.8 Å². The van der Waals surface area contributed by atoms with Crippen molar-refractivity contribution in [3.63, 3.8) is 0 Å². The predicted molar refractivity (Wildman–Crippen MR) is 104 cm³/mol. The van der Waals surface area contributed by atoms with Crippen LogP contribution in [-0.2, 0) is 0 Å². The van der Waals surface area contributed by atoms with Gasteiger partial charge in [-0.1, -0.05) is 30.3 Å². The van der Waals surface area contributed by atoms with Crippen LogP contribution in [0.3, 0.4) is 0 Å². The topological polar surface area (TPSA) is 90.1 Å². The Morgan fingerprint density at radius 2 is 1.48 bits per heavy atom. The molecule has 1 heterocycles. The monoisotopic (exact) mass is 356 g/mol. The third-order valence-corrected chi connectivity index (χ3v) is 3.92. The van der Waals surface area contributed by atoms with Crippen LogP contribution in [0.15, 0.2) is 78.9 Å². The number of para-hydroxylation sites is 2. The molecule has 0 fully saturated rings. The Hall–Kier alpha value is -3.93. The fourth-order valence-corrected chi connectivity index (χ4v) is 2.65. The fourth-order valence-electron chi connectivity index (χ4n) is 2.65. The van der Waals surface area contributed by atoms with E-state index in [0.717, 1.165) is 22.6 Å². The highest BCUT2D eigenvalue weighted by molar-refractivity contribution is 5.96. The Labute approximate surface area is 155 Å². The number of nitrogens with one attached hydrogen (secondary N) is 1. The fraction of sp³-hybridized carbons (Fsp3) is 0. The lowest BCUT2D eigenvalue weighted by Gasteiger charge is -2.11. The van der Waals surface area contributed by atoms with Crippen LogP contribution in [0.25, 0.3) is 10.9 Å². The van der Waals surface area contributed by atoms with Crippen molar-refractivity contribution >= 4 is 28.3 Å². The van der Waals surface area contributed by atoms with Crippen LogP contribution in [0.5, 0.6) is 11.5 Å². The van der Waals surface area contributed by atoms with Crippen LogP contribution >= 0.6 is 0 Å². The highest BCUT2D eigenvalue weighted by atomic mass is 16.5. The van der Waals surface area contributed by atoms with Crippen molar-refractivity contribution in [3.8, 4) is 11.5 Å². The first kappa shape index (κ1) is 16.5. The van der Waals surface area contributed by atoms with Crippen LogP contribution in [0.4, 0.5) is 11.5 Å². The van der Waals surface area contributed by atoms with Crippen LogP contribution in [-0.4, -0.2) is 15.9 Å².